The summed E-state index contributed by atoms with van der Waals surface area (Å²) in [6.07, 6.45) is 0.550. The minimum atomic E-state index is -1.08. The summed E-state index contributed by atoms with van der Waals surface area (Å²) in [4.78, 5) is 21.5. The molecule has 0 amide bonds. The summed E-state index contributed by atoms with van der Waals surface area (Å²) in [5, 5.41) is 9.42. The van der Waals surface area contributed by atoms with Gasteiger partial charge in [-0.05, 0) is 30.3 Å². The molecule has 0 unspecified atom stereocenters. The number of aromatic carboxylic acids is 1. The quantitative estimate of drug-likeness (QED) is 0.850. The molecule has 2 aromatic rings. The van der Waals surface area contributed by atoms with Gasteiger partial charge in [0.05, 0.1) is 5.56 Å². The van der Waals surface area contributed by atoms with Crippen molar-refractivity contribution in [2.75, 3.05) is 0 Å². The first-order valence-electron chi connectivity index (χ1n) is 4.70. The van der Waals surface area contributed by atoms with Crippen LogP contribution in [0.4, 0.5) is 0 Å². The maximum Gasteiger partial charge on any atom is 0.336 e. The molecule has 86 valence electrons. The zero-order chi connectivity index (χ0) is 12.4. The molecular formula is C12H7ClO4. The second-order valence-electron chi connectivity index (χ2n) is 3.31. The number of benzene rings is 1. The highest BCUT2D eigenvalue weighted by Crippen LogP contribution is 2.28. The zero-order valence-electron chi connectivity index (χ0n) is 8.51. The van der Waals surface area contributed by atoms with Gasteiger partial charge in [-0.3, -0.25) is 4.79 Å². The lowest BCUT2D eigenvalue weighted by atomic mass is 10.1. The van der Waals surface area contributed by atoms with Crippen LogP contribution < -0.4 is 0 Å². The number of rotatable bonds is 3. The van der Waals surface area contributed by atoms with Crippen molar-refractivity contribution in [3.05, 3.63) is 46.7 Å². The van der Waals surface area contributed by atoms with E-state index >= 15 is 0 Å². The average Bonchev–Trinajstić information content (AvgIpc) is 2.76. The molecule has 0 aliphatic carbocycles. The number of carboxylic acid groups (broad SMARTS) is 1. The lowest BCUT2D eigenvalue weighted by Gasteiger charge is -2.03. The molecule has 0 aliphatic heterocycles. The van der Waals surface area contributed by atoms with Gasteiger partial charge in [0.15, 0.2) is 12.0 Å². The van der Waals surface area contributed by atoms with Crippen LogP contribution in [0.1, 0.15) is 20.9 Å². The number of halogens is 1. The lowest BCUT2D eigenvalue weighted by molar-refractivity contribution is 0.0697. The number of hydrogen-bond donors (Lipinski definition) is 1. The molecule has 4 nitrogen and oxygen atoms in total. The maximum absolute atomic E-state index is 11.0. The molecule has 1 aromatic carbocycles. The van der Waals surface area contributed by atoms with Crippen molar-refractivity contribution in [3.8, 4) is 11.3 Å². The molecule has 0 spiro atoms. The van der Waals surface area contributed by atoms with Crippen LogP contribution in [0, 0.1) is 0 Å². The van der Waals surface area contributed by atoms with E-state index in [1.807, 2.05) is 0 Å². The third-order valence-electron chi connectivity index (χ3n) is 2.22. The van der Waals surface area contributed by atoms with E-state index in [2.05, 4.69) is 0 Å². The first kappa shape index (κ1) is 11.4. The molecule has 0 bridgehead atoms. The average molecular weight is 251 g/mol. The first-order chi connectivity index (χ1) is 8.11. The number of carbonyl (C=O) groups excluding carboxylic acids is 1. The minimum Gasteiger partial charge on any atom is -0.478 e. The van der Waals surface area contributed by atoms with Crippen LogP contribution in [-0.4, -0.2) is 17.4 Å². The largest absolute Gasteiger partial charge is 0.478 e. The molecule has 17 heavy (non-hydrogen) atoms. The third-order valence-corrected chi connectivity index (χ3v) is 2.46. The van der Waals surface area contributed by atoms with Gasteiger partial charge in [0.1, 0.15) is 5.76 Å². The van der Waals surface area contributed by atoms with E-state index in [4.69, 9.17) is 21.1 Å². The normalized spacial score (nSPS) is 10.2. The molecule has 1 aromatic heterocycles. The predicted molar refractivity (Wildman–Crippen MR) is 61.5 cm³/mol. The van der Waals surface area contributed by atoms with E-state index < -0.39 is 5.97 Å². The molecule has 0 radical (unpaired) electrons. The van der Waals surface area contributed by atoms with Crippen LogP contribution in [0.5, 0.6) is 0 Å². The smallest absolute Gasteiger partial charge is 0.336 e. The standard InChI is InChI=1S/C12H7ClO4/c13-7-1-3-9(12(15)16)10(5-7)11-4-2-8(6-14)17-11/h1-6H,(H,15,16). The van der Waals surface area contributed by atoms with E-state index in [1.165, 1.54) is 30.3 Å². The van der Waals surface area contributed by atoms with Crippen LogP contribution in [0.2, 0.25) is 5.02 Å². The minimum absolute atomic E-state index is 0.0706. The molecule has 2 rings (SSSR count). The van der Waals surface area contributed by atoms with Gasteiger partial charge in [-0.15, -0.1) is 0 Å². The van der Waals surface area contributed by atoms with Gasteiger partial charge in [-0.25, -0.2) is 4.79 Å². The number of furan rings is 1. The van der Waals surface area contributed by atoms with Gasteiger partial charge >= 0.3 is 5.97 Å². The number of carboxylic acids is 1. The Morgan fingerprint density at radius 1 is 1.29 bits per heavy atom. The van der Waals surface area contributed by atoms with Gasteiger partial charge in [0.2, 0.25) is 0 Å². The summed E-state index contributed by atoms with van der Waals surface area (Å²) in [6.45, 7) is 0. The highest BCUT2D eigenvalue weighted by atomic mass is 35.5. The Morgan fingerprint density at radius 3 is 2.65 bits per heavy atom. The first-order valence-corrected chi connectivity index (χ1v) is 5.08. The second-order valence-corrected chi connectivity index (χ2v) is 3.75. The van der Waals surface area contributed by atoms with Crippen LogP contribution in [0.25, 0.3) is 11.3 Å². The van der Waals surface area contributed by atoms with Crippen LogP contribution >= 0.6 is 11.6 Å². The molecule has 5 heteroatoms. The van der Waals surface area contributed by atoms with Crippen molar-refractivity contribution in [2.24, 2.45) is 0 Å². The van der Waals surface area contributed by atoms with Crippen LogP contribution in [-0.2, 0) is 0 Å². The maximum atomic E-state index is 11.0. The fraction of sp³-hybridized carbons (Fsp3) is 0. The Bertz CT molecular complexity index is 586. The van der Waals surface area contributed by atoms with Crippen molar-refractivity contribution in [2.45, 2.75) is 0 Å². The Labute approximate surface area is 101 Å². The molecular weight excluding hydrogens is 244 g/mol. The molecule has 1 heterocycles. The van der Waals surface area contributed by atoms with Gasteiger partial charge in [0, 0.05) is 10.6 Å². The molecule has 0 aliphatic rings. The molecule has 1 N–H and O–H groups in total. The van der Waals surface area contributed by atoms with E-state index in [9.17, 15) is 9.59 Å². The van der Waals surface area contributed by atoms with Crippen molar-refractivity contribution in [3.63, 3.8) is 0 Å². The second kappa shape index (κ2) is 4.43. The fourth-order valence-corrected chi connectivity index (χ4v) is 1.64. The van der Waals surface area contributed by atoms with Crippen LogP contribution in [0.3, 0.4) is 0 Å². The van der Waals surface area contributed by atoms with E-state index in [0.29, 0.717) is 22.6 Å². The summed E-state index contributed by atoms with van der Waals surface area (Å²) in [7, 11) is 0. The SMILES string of the molecule is O=Cc1ccc(-c2cc(Cl)ccc2C(=O)O)o1. The summed E-state index contributed by atoms with van der Waals surface area (Å²) in [5.41, 5.74) is 0.416. The van der Waals surface area contributed by atoms with Gasteiger partial charge in [-0.2, -0.15) is 0 Å². The van der Waals surface area contributed by atoms with E-state index in [0.717, 1.165) is 0 Å². The summed E-state index contributed by atoms with van der Waals surface area (Å²) in [5.74, 6) is -0.649. The summed E-state index contributed by atoms with van der Waals surface area (Å²) in [6, 6.07) is 7.36. The highest BCUT2D eigenvalue weighted by Gasteiger charge is 2.15. The summed E-state index contributed by atoms with van der Waals surface area (Å²) < 4.78 is 5.17. The third kappa shape index (κ3) is 2.21. The van der Waals surface area contributed by atoms with Crippen molar-refractivity contribution < 1.29 is 19.1 Å². The Kier molecular flexibility index (Phi) is 2.97. The monoisotopic (exact) mass is 250 g/mol. The van der Waals surface area contributed by atoms with Crippen LogP contribution in [0.15, 0.2) is 34.7 Å². The van der Waals surface area contributed by atoms with E-state index in [-0.39, 0.29) is 11.3 Å². The molecule has 0 saturated carbocycles. The molecule has 0 saturated heterocycles. The van der Waals surface area contributed by atoms with Crippen molar-refractivity contribution >= 4 is 23.9 Å². The predicted octanol–water partition coefficient (Wildman–Crippen LogP) is 3.11. The highest BCUT2D eigenvalue weighted by molar-refractivity contribution is 6.31. The molecule has 0 atom stereocenters. The number of carbonyl (C=O) groups is 2. The van der Waals surface area contributed by atoms with Gasteiger partial charge in [-0.1, -0.05) is 11.6 Å². The van der Waals surface area contributed by atoms with Crippen molar-refractivity contribution in [1.82, 2.24) is 0 Å². The topological polar surface area (TPSA) is 67.5 Å². The van der Waals surface area contributed by atoms with E-state index in [1.54, 1.807) is 0 Å². The van der Waals surface area contributed by atoms with Gasteiger partial charge in [0.25, 0.3) is 0 Å². The fourth-order valence-electron chi connectivity index (χ4n) is 1.47. The Morgan fingerprint density at radius 2 is 2.06 bits per heavy atom. The number of hydrogen-bond acceptors (Lipinski definition) is 3. The van der Waals surface area contributed by atoms with Gasteiger partial charge < -0.3 is 9.52 Å². The Hall–Kier alpha value is -2.07. The summed E-state index contributed by atoms with van der Waals surface area (Å²) >= 11 is 5.81. The number of aldehydes is 1. The molecule has 0 fully saturated rings. The Balaban J connectivity index is 2.60. The van der Waals surface area contributed by atoms with Crippen molar-refractivity contribution in [1.29, 1.82) is 0 Å². The lowest BCUT2D eigenvalue weighted by Crippen LogP contribution is -1.98. The zero-order valence-corrected chi connectivity index (χ0v) is 9.27.